The first kappa shape index (κ1) is 9.00. The average Bonchev–Trinajstić information content (AvgIpc) is 2.18. The number of carbonyl (C=O) groups excluding carboxylic acids is 1. The highest BCUT2D eigenvalue weighted by Crippen LogP contribution is 2.28. The van der Waals surface area contributed by atoms with Gasteiger partial charge in [-0.25, -0.2) is 4.79 Å². The fourth-order valence-electron chi connectivity index (χ4n) is 1.62. The second kappa shape index (κ2) is 3.66. The van der Waals surface area contributed by atoms with Gasteiger partial charge in [0.25, 0.3) is 0 Å². The Balaban J connectivity index is 2.22. The highest BCUT2D eigenvalue weighted by atomic mass is 16.5. The van der Waals surface area contributed by atoms with Gasteiger partial charge in [0.1, 0.15) is 6.10 Å². The van der Waals surface area contributed by atoms with Crippen molar-refractivity contribution in [2.24, 2.45) is 0 Å². The summed E-state index contributed by atoms with van der Waals surface area (Å²) in [5, 5.41) is 0. The maximum atomic E-state index is 11.2. The van der Waals surface area contributed by atoms with Crippen molar-refractivity contribution < 1.29 is 9.53 Å². The smallest absolute Gasteiger partial charge is 0.331 e. The number of cyclic esters (lactones) is 1. The molecule has 0 N–H and O–H groups in total. The van der Waals surface area contributed by atoms with Crippen molar-refractivity contribution in [2.45, 2.75) is 19.4 Å². The summed E-state index contributed by atoms with van der Waals surface area (Å²) in [4.78, 5) is 11.2. The fraction of sp³-hybridized carbons (Fsp3) is 0.250. The Labute approximate surface area is 83.2 Å². The molecule has 0 saturated heterocycles. The fourth-order valence-corrected chi connectivity index (χ4v) is 1.62. The Morgan fingerprint density at radius 2 is 2.00 bits per heavy atom. The van der Waals surface area contributed by atoms with Gasteiger partial charge in [0.2, 0.25) is 0 Å². The number of carbonyl (C=O) groups is 1. The standard InChI is InChI=1S/C12H12O2/c1-9-7-11(14-12(13)8-9)10-5-3-2-4-6-10/h2-6,8,11H,7H2,1H3. The summed E-state index contributed by atoms with van der Waals surface area (Å²) in [6, 6.07) is 9.83. The zero-order valence-electron chi connectivity index (χ0n) is 8.07. The molecule has 1 aliphatic rings. The van der Waals surface area contributed by atoms with Crippen LogP contribution in [0.15, 0.2) is 42.0 Å². The predicted octanol–water partition coefficient (Wildman–Crippen LogP) is 2.62. The van der Waals surface area contributed by atoms with E-state index < -0.39 is 0 Å². The van der Waals surface area contributed by atoms with E-state index in [1.54, 1.807) is 6.08 Å². The molecule has 0 saturated carbocycles. The maximum absolute atomic E-state index is 11.2. The third-order valence-corrected chi connectivity index (χ3v) is 2.30. The molecule has 1 atom stereocenters. The van der Waals surface area contributed by atoms with E-state index in [2.05, 4.69) is 0 Å². The zero-order valence-corrected chi connectivity index (χ0v) is 8.07. The summed E-state index contributed by atoms with van der Waals surface area (Å²) in [7, 11) is 0. The Hall–Kier alpha value is -1.57. The molecule has 0 bridgehead atoms. The van der Waals surface area contributed by atoms with Gasteiger partial charge in [-0.1, -0.05) is 35.9 Å². The summed E-state index contributed by atoms with van der Waals surface area (Å²) in [5.74, 6) is -0.234. The van der Waals surface area contributed by atoms with Gasteiger partial charge < -0.3 is 4.74 Å². The van der Waals surface area contributed by atoms with Crippen molar-refractivity contribution in [1.82, 2.24) is 0 Å². The lowest BCUT2D eigenvalue weighted by Gasteiger charge is -2.21. The van der Waals surface area contributed by atoms with E-state index in [1.165, 1.54) is 0 Å². The molecule has 0 spiro atoms. The van der Waals surface area contributed by atoms with Gasteiger partial charge >= 0.3 is 5.97 Å². The van der Waals surface area contributed by atoms with Crippen LogP contribution in [0.2, 0.25) is 0 Å². The molecule has 0 aromatic heterocycles. The normalized spacial score (nSPS) is 21.4. The van der Waals surface area contributed by atoms with Gasteiger partial charge in [0.15, 0.2) is 0 Å². The lowest BCUT2D eigenvalue weighted by atomic mass is 10.0. The molecule has 2 heteroatoms. The van der Waals surface area contributed by atoms with Crippen molar-refractivity contribution in [1.29, 1.82) is 0 Å². The van der Waals surface area contributed by atoms with Crippen LogP contribution in [0.5, 0.6) is 0 Å². The number of ether oxygens (including phenoxy) is 1. The molecule has 0 aliphatic carbocycles. The van der Waals surface area contributed by atoms with Crippen LogP contribution in [-0.2, 0) is 9.53 Å². The molecule has 72 valence electrons. The second-order valence-electron chi connectivity index (χ2n) is 3.53. The Bertz CT molecular complexity index is 365. The Kier molecular flexibility index (Phi) is 2.35. The van der Waals surface area contributed by atoms with Gasteiger partial charge in [0.05, 0.1) is 0 Å². The first-order chi connectivity index (χ1) is 6.75. The van der Waals surface area contributed by atoms with Crippen LogP contribution < -0.4 is 0 Å². The molecular formula is C12H12O2. The van der Waals surface area contributed by atoms with Crippen molar-refractivity contribution >= 4 is 5.97 Å². The number of hydrogen-bond acceptors (Lipinski definition) is 2. The first-order valence-electron chi connectivity index (χ1n) is 4.68. The minimum Gasteiger partial charge on any atom is -0.454 e. The van der Waals surface area contributed by atoms with Gasteiger partial charge in [-0.2, -0.15) is 0 Å². The summed E-state index contributed by atoms with van der Waals surface area (Å²) in [6.45, 7) is 1.95. The highest BCUT2D eigenvalue weighted by molar-refractivity contribution is 5.83. The summed E-state index contributed by atoms with van der Waals surface area (Å²) < 4.78 is 5.23. The van der Waals surface area contributed by atoms with Crippen LogP contribution in [0.1, 0.15) is 25.0 Å². The van der Waals surface area contributed by atoms with Gasteiger partial charge in [-0.05, 0) is 12.5 Å². The van der Waals surface area contributed by atoms with Crippen molar-refractivity contribution in [3.05, 3.63) is 47.5 Å². The molecular weight excluding hydrogens is 176 g/mol. The lowest BCUT2D eigenvalue weighted by molar-refractivity contribution is -0.144. The molecule has 1 aromatic carbocycles. The number of benzene rings is 1. The van der Waals surface area contributed by atoms with Crippen LogP contribution in [0, 0.1) is 0 Å². The highest BCUT2D eigenvalue weighted by Gasteiger charge is 2.20. The van der Waals surface area contributed by atoms with Crippen molar-refractivity contribution in [2.75, 3.05) is 0 Å². The molecule has 1 unspecified atom stereocenters. The molecule has 1 aliphatic heterocycles. The van der Waals surface area contributed by atoms with Gasteiger partial charge in [0, 0.05) is 12.5 Å². The second-order valence-corrected chi connectivity index (χ2v) is 3.53. The number of hydrogen-bond donors (Lipinski definition) is 0. The van der Waals surface area contributed by atoms with E-state index in [1.807, 2.05) is 37.3 Å². The largest absolute Gasteiger partial charge is 0.454 e. The monoisotopic (exact) mass is 188 g/mol. The van der Waals surface area contributed by atoms with E-state index in [4.69, 9.17) is 4.74 Å². The average molecular weight is 188 g/mol. The van der Waals surface area contributed by atoms with E-state index in [0.29, 0.717) is 0 Å². The quantitative estimate of drug-likeness (QED) is 0.633. The molecule has 0 amide bonds. The van der Waals surface area contributed by atoms with Gasteiger partial charge in [-0.15, -0.1) is 0 Å². The van der Waals surface area contributed by atoms with E-state index in [9.17, 15) is 4.79 Å². The number of rotatable bonds is 1. The van der Waals surface area contributed by atoms with Crippen LogP contribution in [0.4, 0.5) is 0 Å². The lowest BCUT2D eigenvalue weighted by Crippen LogP contribution is -2.15. The Morgan fingerprint density at radius 1 is 1.29 bits per heavy atom. The topological polar surface area (TPSA) is 26.3 Å². The summed E-state index contributed by atoms with van der Waals surface area (Å²) in [5.41, 5.74) is 2.14. The SMILES string of the molecule is CC1=CC(=O)OC(c2ccccc2)C1. The molecule has 0 fully saturated rings. The van der Waals surface area contributed by atoms with E-state index in [-0.39, 0.29) is 12.1 Å². The van der Waals surface area contributed by atoms with E-state index >= 15 is 0 Å². The first-order valence-corrected chi connectivity index (χ1v) is 4.68. The summed E-state index contributed by atoms with van der Waals surface area (Å²) in [6.07, 6.45) is 2.25. The van der Waals surface area contributed by atoms with Crippen LogP contribution in [0.3, 0.4) is 0 Å². The van der Waals surface area contributed by atoms with Crippen LogP contribution in [0.25, 0.3) is 0 Å². The molecule has 2 nitrogen and oxygen atoms in total. The third-order valence-electron chi connectivity index (χ3n) is 2.30. The third kappa shape index (κ3) is 1.84. The van der Waals surface area contributed by atoms with E-state index in [0.717, 1.165) is 17.6 Å². The molecule has 0 radical (unpaired) electrons. The maximum Gasteiger partial charge on any atom is 0.331 e. The predicted molar refractivity (Wildman–Crippen MR) is 53.6 cm³/mol. The molecule has 2 rings (SSSR count). The molecule has 1 aromatic rings. The minimum absolute atomic E-state index is 0.103. The van der Waals surface area contributed by atoms with Crippen molar-refractivity contribution in [3.8, 4) is 0 Å². The Morgan fingerprint density at radius 3 is 2.64 bits per heavy atom. The van der Waals surface area contributed by atoms with Gasteiger partial charge in [-0.3, -0.25) is 0 Å². The number of esters is 1. The summed E-state index contributed by atoms with van der Waals surface area (Å²) >= 11 is 0. The zero-order chi connectivity index (χ0) is 9.97. The van der Waals surface area contributed by atoms with Crippen LogP contribution in [-0.4, -0.2) is 5.97 Å². The molecule has 14 heavy (non-hydrogen) atoms. The van der Waals surface area contributed by atoms with Crippen LogP contribution >= 0.6 is 0 Å². The van der Waals surface area contributed by atoms with Crippen molar-refractivity contribution in [3.63, 3.8) is 0 Å². The minimum atomic E-state index is -0.234. The molecule has 1 heterocycles.